The van der Waals surface area contributed by atoms with Crippen molar-refractivity contribution in [2.75, 3.05) is 6.54 Å². The number of aromatic hydroxyl groups is 1. The Morgan fingerprint density at radius 3 is 2.72 bits per heavy atom. The minimum atomic E-state index is 0.352. The quantitative estimate of drug-likeness (QED) is 0.834. The van der Waals surface area contributed by atoms with Crippen molar-refractivity contribution >= 4 is 0 Å². The summed E-state index contributed by atoms with van der Waals surface area (Å²) >= 11 is 0. The molecule has 2 nitrogen and oxygen atoms in total. The van der Waals surface area contributed by atoms with Gasteiger partial charge in [0.25, 0.3) is 0 Å². The SMILES string of the molecule is CCC1CCCC(NCCc2ccc(O)cc2)C1. The van der Waals surface area contributed by atoms with Crippen LogP contribution in [0.15, 0.2) is 24.3 Å². The van der Waals surface area contributed by atoms with Gasteiger partial charge in [-0.15, -0.1) is 0 Å². The predicted octanol–water partition coefficient (Wildman–Crippen LogP) is 3.49. The Kier molecular flexibility index (Phi) is 5.06. The molecule has 0 heterocycles. The van der Waals surface area contributed by atoms with Crippen LogP contribution in [0, 0.1) is 5.92 Å². The van der Waals surface area contributed by atoms with Crippen molar-refractivity contribution in [3.05, 3.63) is 29.8 Å². The molecule has 1 aromatic carbocycles. The highest BCUT2D eigenvalue weighted by atomic mass is 16.3. The van der Waals surface area contributed by atoms with Gasteiger partial charge in [-0.25, -0.2) is 0 Å². The monoisotopic (exact) mass is 247 g/mol. The number of phenolic OH excluding ortho intramolecular Hbond substituents is 1. The van der Waals surface area contributed by atoms with E-state index in [4.69, 9.17) is 0 Å². The zero-order chi connectivity index (χ0) is 12.8. The second-order valence-corrected chi connectivity index (χ2v) is 5.51. The summed E-state index contributed by atoms with van der Waals surface area (Å²) in [5.74, 6) is 1.29. The van der Waals surface area contributed by atoms with Gasteiger partial charge in [-0.2, -0.15) is 0 Å². The highest BCUT2D eigenvalue weighted by Crippen LogP contribution is 2.26. The summed E-state index contributed by atoms with van der Waals surface area (Å²) in [6.07, 6.45) is 7.88. The van der Waals surface area contributed by atoms with Gasteiger partial charge in [0.2, 0.25) is 0 Å². The van der Waals surface area contributed by atoms with E-state index in [1.807, 2.05) is 12.1 Å². The molecule has 1 aliphatic rings. The van der Waals surface area contributed by atoms with Crippen LogP contribution in [0.1, 0.15) is 44.6 Å². The summed E-state index contributed by atoms with van der Waals surface area (Å²) in [6, 6.07) is 8.27. The van der Waals surface area contributed by atoms with Gasteiger partial charge in [-0.05, 0) is 49.4 Å². The van der Waals surface area contributed by atoms with Gasteiger partial charge in [0, 0.05) is 6.04 Å². The number of benzene rings is 1. The highest BCUT2D eigenvalue weighted by Gasteiger charge is 2.19. The van der Waals surface area contributed by atoms with Crippen LogP contribution >= 0.6 is 0 Å². The second-order valence-electron chi connectivity index (χ2n) is 5.51. The molecule has 0 amide bonds. The molecule has 1 aliphatic carbocycles. The molecule has 2 atom stereocenters. The molecule has 2 N–H and O–H groups in total. The van der Waals surface area contributed by atoms with E-state index in [0.29, 0.717) is 5.75 Å². The van der Waals surface area contributed by atoms with Crippen LogP contribution in [0.5, 0.6) is 5.75 Å². The van der Waals surface area contributed by atoms with Crippen molar-refractivity contribution in [2.45, 2.75) is 51.5 Å². The summed E-state index contributed by atoms with van der Waals surface area (Å²) in [6.45, 7) is 3.36. The molecule has 0 saturated heterocycles. The summed E-state index contributed by atoms with van der Waals surface area (Å²) in [5.41, 5.74) is 1.29. The minimum Gasteiger partial charge on any atom is -0.508 e. The van der Waals surface area contributed by atoms with E-state index in [1.54, 1.807) is 12.1 Å². The molecule has 2 heteroatoms. The largest absolute Gasteiger partial charge is 0.508 e. The van der Waals surface area contributed by atoms with Crippen molar-refractivity contribution in [3.8, 4) is 5.75 Å². The zero-order valence-electron chi connectivity index (χ0n) is 11.4. The van der Waals surface area contributed by atoms with Crippen LogP contribution in [0.3, 0.4) is 0 Å². The first-order valence-electron chi connectivity index (χ1n) is 7.29. The summed E-state index contributed by atoms with van der Waals surface area (Å²) in [4.78, 5) is 0. The van der Waals surface area contributed by atoms with Crippen LogP contribution < -0.4 is 5.32 Å². The number of hydrogen-bond donors (Lipinski definition) is 2. The van der Waals surface area contributed by atoms with Crippen LogP contribution in [0.2, 0.25) is 0 Å². The lowest BCUT2D eigenvalue weighted by molar-refractivity contribution is 0.280. The molecule has 1 aromatic rings. The van der Waals surface area contributed by atoms with Gasteiger partial charge in [0.1, 0.15) is 5.75 Å². The minimum absolute atomic E-state index is 0.352. The molecule has 100 valence electrons. The zero-order valence-corrected chi connectivity index (χ0v) is 11.4. The summed E-state index contributed by atoms with van der Waals surface area (Å²) < 4.78 is 0. The Balaban J connectivity index is 1.70. The lowest BCUT2D eigenvalue weighted by Gasteiger charge is -2.29. The second kappa shape index (κ2) is 6.79. The number of hydrogen-bond acceptors (Lipinski definition) is 2. The maximum atomic E-state index is 9.23. The molecular weight excluding hydrogens is 222 g/mol. The molecule has 0 radical (unpaired) electrons. The first kappa shape index (κ1) is 13.4. The van der Waals surface area contributed by atoms with Gasteiger partial charge in [0.15, 0.2) is 0 Å². The fourth-order valence-corrected chi connectivity index (χ4v) is 2.93. The third-order valence-corrected chi connectivity index (χ3v) is 4.14. The highest BCUT2D eigenvalue weighted by molar-refractivity contribution is 5.25. The van der Waals surface area contributed by atoms with E-state index < -0.39 is 0 Å². The van der Waals surface area contributed by atoms with Crippen LogP contribution in [0.25, 0.3) is 0 Å². The van der Waals surface area contributed by atoms with Crippen molar-refractivity contribution < 1.29 is 5.11 Å². The Morgan fingerprint density at radius 2 is 2.00 bits per heavy atom. The Morgan fingerprint density at radius 1 is 1.22 bits per heavy atom. The third kappa shape index (κ3) is 4.02. The molecule has 1 fully saturated rings. The van der Waals surface area contributed by atoms with Gasteiger partial charge >= 0.3 is 0 Å². The van der Waals surface area contributed by atoms with E-state index in [-0.39, 0.29) is 0 Å². The van der Waals surface area contributed by atoms with Crippen molar-refractivity contribution in [2.24, 2.45) is 5.92 Å². The topological polar surface area (TPSA) is 32.3 Å². The number of rotatable bonds is 5. The first-order valence-corrected chi connectivity index (χ1v) is 7.29. The van der Waals surface area contributed by atoms with E-state index >= 15 is 0 Å². The number of phenols is 1. The molecule has 0 aromatic heterocycles. The van der Waals surface area contributed by atoms with Gasteiger partial charge in [-0.1, -0.05) is 38.3 Å². The van der Waals surface area contributed by atoms with Gasteiger partial charge < -0.3 is 10.4 Å². The van der Waals surface area contributed by atoms with E-state index in [1.165, 1.54) is 37.7 Å². The molecule has 0 bridgehead atoms. The average molecular weight is 247 g/mol. The standard InChI is InChI=1S/C16H25NO/c1-2-13-4-3-5-15(12-13)17-11-10-14-6-8-16(18)9-7-14/h6-9,13,15,17-18H,2-5,10-12H2,1H3. The Hall–Kier alpha value is -1.02. The van der Waals surface area contributed by atoms with Crippen molar-refractivity contribution in [1.29, 1.82) is 0 Å². The molecule has 2 rings (SSSR count). The lowest BCUT2D eigenvalue weighted by atomic mass is 9.84. The van der Waals surface area contributed by atoms with Crippen molar-refractivity contribution in [1.82, 2.24) is 5.32 Å². The van der Waals surface area contributed by atoms with Gasteiger partial charge in [-0.3, -0.25) is 0 Å². The molecule has 1 saturated carbocycles. The summed E-state index contributed by atoms with van der Waals surface area (Å²) in [5, 5.41) is 12.9. The molecule has 0 aliphatic heterocycles. The molecular formula is C16H25NO. The van der Waals surface area contributed by atoms with E-state index in [2.05, 4.69) is 12.2 Å². The molecule has 0 spiro atoms. The summed E-state index contributed by atoms with van der Waals surface area (Å²) in [7, 11) is 0. The van der Waals surface area contributed by atoms with Crippen LogP contribution in [-0.2, 0) is 6.42 Å². The number of nitrogens with one attached hydrogen (secondary N) is 1. The van der Waals surface area contributed by atoms with Crippen LogP contribution in [0.4, 0.5) is 0 Å². The van der Waals surface area contributed by atoms with E-state index in [0.717, 1.165) is 24.9 Å². The van der Waals surface area contributed by atoms with E-state index in [9.17, 15) is 5.11 Å². The van der Waals surface area contributed by atoms with Crippen LogP contribution in [-0.4, -0.2) is 17.7 Å². The fourth-order valence-electron chi connectivity index (χ4n) is 2.93. The maximum Gasteiger partial charge on any atom is 0.115 e. The normalized spacial score (nSPS) is 24.1. The Labute approximate surface area is 110 Å². The smallest absolute Gasteiger partial charge is 0.115 e. The predicted molar refractivity (Wildman–Crippen MR) is 75.9 cm³/mol. The van der Waals surface area contributed by atoms with Crippen molar-refractivity contribution in [3.63, 3.8) is 0 Å². The average Bonchev–Trinajstić information content (AvgIpc) is 2.41. The molecule has 18 heavy (non-hydrogen) atoms. The molecule has 2 unspecified atom stereocenters. The fraction of sp³-hybridized carbons (Fsp3) is 0.625. The first-order chi connectivity index (χ1) is 8.78. The maximum absolute atomic E-state index is 9.23. The Bertz CT molecular complexity index is 347. The van der Waals surface area contributed by atoms with Gasteiger partial charge in [0.05, 0.1) is 0 Å². The third-order valence-electron chi connectivity index (χ3n) is 4.14. The lowest BCUT2D eigenvalue weighted by Crippen LogP contribution is -2.35.